The highest BCUT2D eigenvalue weighted by Crippen LogP contribution is 2.11. The Balaban J connectivity index is 2.58. The lowest BCUT2D eigenvalue weighted by Gasteiger charge is -2.14. The number of benzene rings is 1. The molecule has 0 bridgehead atoms. The Labute approximate surface area is 124 Å². The third kappa shape index (κ3) is 5.93. The molecule has 6 nitrogen and oxygen atoms in total. The van der Waals surface area contributed by atoms with E-state index >= 15 is 0 Å². The Morgan fingerprint density at radius 1 is 1.24 bits per heavy atom. The molecule has 1 aromatic rings. The van der Waals surface area contributed by atoms with Gasteiger partial charge in [-0.25, -0.2) is 0 Å². The van der Waals surface area contributed by atoms with Crippen LogP contribution in [0, 0.1) is 5.92 Å². The van der Waals surface area contributed by atoms with E-state index in [9.17, 15) is 9.59 Å². The quantitative estimate of drug-likeness (QED) is 0.594. The molecule has 0 radical (unpaired) electrons. The molecule has 2 amide bonds. The van der Waals surface area contributed by atoms with E-state index in [1.807, 2.05) is 13.8 Å². The van der Waals surface area contributed by atoms with Gasteiger partial charge in [-0.3, -0.25) is 9.59 Å². The number of carbonyl (C=O) groups is 2. The zero-order chi connectivity index (χ0) is 15.8. The Kier molecular flexibility index (Phi) is 6.84. The summed E-state index contributed by atoms with van der Waals surface area (Å²) < 4.78 is 0. The van der Waals surface area contributed by atoms with Crippen molar-refractivity contribution in [3.05, 3.63) is 29.8 Å². The zero-order valence-corrected chi connectivity index (χ0v) is 12.4. The summed E-state index contributed by atoms with van der Waals surface area (Å²) >= 11 is 0. The van der Waals surface area contributed by atoms with E-state index in [0.717, 1.165) is 0 Å². The summed E-state index contributed by atoms with van der Waals surface area (Å²) in [6.45, 7) is 4.12. The van der Waals surface area contributed by atoms with Gasteiger partial charge >= 0.3 is 0 Å². The van der Waals surface area contributed by atoms with Crippen molar-refractivity contribution in [2.24, 2.45) is 11.7 Å². The molecule has 0 aliphatic carbocycles. The van der Waals surface area contributed by atoms with Gasteiger partial charge in [0.1, 0.15) is 0 Å². The minimum absolute atomic E-state index is 0.104. The molecular weight excluding hydrogens is 270 g/mol. The minimum atomic E-state index is -0.544. The highest BCUT2D eigenvalue weighted by molar-refractivity contribution is 5.97. The number of carbonyl (C=O) groups excluding carboxylic acids is 2. The van der Waals surface area contributed by atoms with Gasteiger partial charge < -0.3 is 21.5 Å². The zero-order valence-electron chi connectivity index (χ0n) is 12.4. The maximum absolute atomic E-state index is 11.9. The average molecular weight is 293 g/mol. The van der Waals surface area contributed by atoms with Crippen LogP contribution in [-0.4, -0.2) is 36.1 Å². The van der Waals surface area contributed by atoms with Gasteiger partial charge in [0.25, 0.3) is 5.91 Å². The number of aliphatic hydroxyl groups is 1. The molecule has 1 atom stereocenters. The predicted octanol–water partition coefficient (Wildman–Crippen LogP) is 0.721. The maximum atomic E-state index is 11.9. The van der Waals surface area contributed by atoms with Gasteiger partial charge in [-0.2, -0.15) is 0 Å². The van der Waals surface area contributed by atoms with Crippen molar-refractivity contribution in [3.63, 3.8) is 0 Å². The molecule has 0 aromatic heterocycles. The molecule has 6 heteroatoms. The van der Waals surface area contributed by atoms with Crippen LogP contribution < -0.4 is 16.4 Å². The van der Waals surface area contributed by atoms with Crippen molar-refractivity contribution in [2.75, 3.05) is 18.5 Å². The van der Waals surface area contributed by atoms with Gasteiger partial charge in [0.2, 0.25) is 5.91 Å². The van der Waals surface area contributed by atoms with Crippen LogP contribution in [0.3, 0.4) is 0 Å². The summed E-state index contributed by atoms with van der Waals surface area (Å²) in [6, 6.07) is 5.96. The minimum Gasteiger partial charge on any atom is -0.395 e. The number of aliphatic hydroxyl groups excluding tert-OH is 1. The van der Waals surface area contributed by atoms with Crippen LogP contribution in [0.4, 0.5) is 5.69 Å². The van der Waals surface area contributed by atoms with Crippen LogP contribution in [-0.2, 0) is 4.79 Å². The molecule has 0 heterocycles. The second kappa shape index (κ2) is 8.39. The van der Waals surface area contributed by atoms with Crippen LogP contribution in [0.15, 0.2) is 24.3 Å². The fourth-order valence-corrected chi connectivity index (χ4v) is 1.83. The molecule has 1 aromatic carbocycles. The van der Waals surface area contributed by atoms with E-state index in [4.69, 9.17) is 10.8 Å². The SMILES string of the molecule is CC(C)C[C@@H](N)C(=O)Nc1ccc(C(=O)NCCO)cc1. The Hall–Kier alpha value is -1.92. The highest BCUT2D eigenvalue weighted by Gasteiger charge is 2.15. The van der Waals surface area contributed by atoms with E-state index in [2.05, 4.69) is 10.6 Å². The number of rotatable bonds is 7. The largest absolute Gasteiger partial charge is 0.395 e. The standard InChI is InChI=1S/C15H23N3O3/c1-10(2)9-13(16)15(21)18-12-5-3-11(4-6-12)14(20)17-7-8-19/h3-6,10,13,19H,7-9,16H2,1-2H3,(H,17,20)(H,18,21)/t13-/m1/s1. The Morgan fingerprint density at radius 3 is 2.38 bits per heavy atom. The Bertz CT molecular complexity index is 472. The number of hydrogen-bond donors (Lipinski definition) is 4. The molecule has 0 fully saturated rings. The first-order valence-corrected chi connectivity index (χ1v) is 6.99. The predicted molar refractivity (Wildman–Crippen MR) is 81.9 cm³/mol. The first kappa shape index (κ1) is 17.1. The summed E-state index contributed by atoms with van der Waals surface area (Å²) in [5, 5.41) is 13.9. The molecule has 0 aliphatic heterocycles. The van der Waals surface area contributed by atoms with E-state index in [-0.39, 0.29) is 25.0 Å². The lowest BCUT2D eigenvalue weighted by atomic mass is 10.0. The van der Waals surface area contributed by atoms with Gasteiger partial charge in [-0.05, 0) is 36.6 Å². The number of hydrogen-bond acceptors (Lipinski definition) is 4. The monoisotopic (exact) mass is 293 g/mol. The first-order valence-electron chi connectivity index (χ1n) is 6.99. The Morgan fingerprint density at radius 2 is 1.86 bits per heavy atom. The normalized spacial score (nSPS) is 12.0. The molecule has 1 rings (SSSR count). The van der Waals surface area contributed by atoms with E-state index in [1.54, 1.807) is 24.3 Å². The van der Waals surface area contributed by atoms with Crippen molar-refractivity contribution in [2.45, 2.75) is 26.3 Å². The topological polar surface area (TPSA) is 104 Å². The summed E-state index contributed by atoms with van der Waals surface area (Å²) in [5.41, 5.74) is 6.86. The van der Waals surface area contributed by atoms with Crippen LogP contribution >= 0.6 is 0 Å². The second-order valence-corrected chi connectivity index (χ2v) is 5.28. The van der Waals surface area contributed by atoms with Gasteiger partial charge in [0.05, 0.1) is 12.6 Å². The highest BCUT2D eigenvalue weighted by atomic mass is 16.3. The average Bonchev–Trinajstić information content (AvgIpc) is 2.44. The summed E-state index contributed by atoms with van der Waals surface area (Å²) in [6.07, 6.45) is 0.619. The van der Waals surface area contributed by atoms with Crippen molar-refractivity contribution in [1.29, 1.82) is 0 Å². The van der Waals surface area contributed by atoms with Crippen LogP contribution in [0.5, 0.6) is 0 Å². The molecule has 21 heavy (non-hydrogen) atoms. The van der Waals surface area contributed by atoms with Crippen molar-refractivity contribution >= 4 is 17.5 Å². The van der Waals surface area contributed by atoms with E-state index < -0.39 is 6.04 Å². The van der Waals surface area contributed by atoms with Crippen molar-refractivity contribution < 1.29 is 14.7 Å². The lowest BCUT2D eigenvalue weighted by Crippen LogP contribution is -2.36. The first-order chi connectivity index (χ1) is 9.93. The van der Waals surface area contributed by atoms with Crippen molar-refractivity contribution in [3.8, 4) is 0 Å². The van der Waals surface area contributed by atoms with Gasteiger partial charge in [-0.15, -0.1) is 0 Å². The smallest absolute Gasteiger partial charge is 0.251 e. The van der Waals surface area contributed by atoms with Gasteiger partial charge in [-0.1, -0.05) is 13.8 Å². The second-order valence-electron chi connectivity index (χ2n) is 5.28. The third-order valence-electron chi connectivity index (χ3n) is 2.87. The van der Waals surface area contributed by atoms with Crippen molar-refractivity contribution in [1.82, 2.24) is 5.32 Å². The third-order valence-corrected chi connectivity index (χ3v) is 2.87. The van der Waals surface area contributed by atoms with Crippen LogP contribution in [0.1, 0.15) is 30.6 Å². The molecule has 116 valence electrons. The number of nitrogens with one attached hydrogen (secondary N) is 2. The molecule has 0 unspecified atom stereocenters. The number of nitrogens with two attached hydrogens (primary N) is 1. The summed E-state index contributed by atoms with van der Waals surface area (Å²) in [4.78, 5) is 23.5. The molecular formula is C15H23N3O3. The number of anilines is 1. The molecule has 5 N–H and O–H groups in total. The maximum Gasteiger partial charge on any atom is 0.251 e. The fraction of sp³-hybridized carbons (Fsp3) is 0.467. The molecule has 0 saturated carbocycles. The number of amides is 2. The van der Waals surface area contributed by atoms with Gasteiger partial charge in [0, 0.05) is 17.8 Å². The van der Waals surface area contributed by atoms with E-state index in [1.165, 1.54) is 0 Å². The van der Waals surface area contributed by atoms with E-state index in [0.29, 0.717) is 23.6 Å². The van der Waals surface area contributed by atoms with Crippen LogP contribution in [0.2, 0.25) is 0 Å². The molecule has 0 spiro atoms. The van der Waals surface area contributed by atoms with Crippen LogP contribution in [0.25, 0.3) is 0 Å². The summed E-state index contributed by atoms with van der Waals surface area (Å²) in [5.74, 6) is -0.150. The summed E-state index contributed by atoms with van der Waals surface area (Å²) in [7, 11) is 0. The molecule has 0 aliphatic rings. The molecule has 0 saturated heterocycles. The lowest BCUT2D eigenvalue weighted by molar-refractivity contribution is -0.117. The van der Waals surface area contributed by atoms with Gasteiger partial charge in [0.15, 0.2) is 0 Å². The fourth-order valence-electron chi connectivity index (χ4n) is 1.83.